The first-order chi connectivity index (χ1) is 8.97. The van der Waals surface area contributed by atoms with Crippen molar-refractivity contribution in [2.45, 2.75) is 13.0 Å². The van der Waals surface area contributed by atoms with Gasteiger partial charge < -0.3 is 5.32 Å². The smallest absolute Gasteiger partial charge is 0.137 e. The predicted octanol–water partition coefficient (Wildman–Crippen LogP) is 6.07. The molecule has 100 valence electrons. The Morgan fingerprint density at radius 2 is 1.89 bits per heavy atom. The molecule has 0 bridgehead atoms. The number of rotatable bonds is 3. The molecule has 0 amide bonds. The lowest BCUT2D eigenvalue weighted by Gasteiger charge is -2.17. The summed E-state index contributed by atoms with van der Waals surface area (Å²) in [6.07, 6.45) is 0. The van der Waals surface area contributed by atoms with Gasteiger partial charge in [0.1, 0.15) is 5.82 Å². The Kier molecular flexibility index (Phi) is 4.71. The van der Waals surface area contributed by atoms with E-state index in [0.717, 1.165) is 11.3 Å². The molecule has 1 unspecified atom stereocenters. The van der Waals surface area contributed by atoms with E-state index in [1.165, 1.54) is 6.07 Å². The van der Waals surface area contributed by atoms with Crippen molar-refractivity contribution in [2.75, 3.05) is 5.32 Å². The zero-order valence-corrected chi connectivity index (χ0v) is 13.2. The summed E-state index contributed by atoms with van der Waals surface area (Å²) in [5.74, 6) is -0.293. The van der Waals surface area contributed by atoms with E-state index >= 15 is 0 Å². The molecule has 0 radical (unpaired) electrons. The molecule has 0 heterocycles. The molecule has 0 aromatic heterocycles. The Labute approximate surface area is 129 Å². The molecule has 2 aromatic carbocycles. The van der Waals surface area contributed by atoms with E-state index in [4.69, 9.17) is 23.2 Å². The van der Waals surface area contributed by atoms with Gasteiger partial charge in [0.2, 0.25) is 0 Å². The lowest BCUT2D eigenvalue weighted by molar-refractivity contribution is 0.621. The fourth-order valence-corrected chi connectivity index (χ4v) is 2.60. The van der Waals surface area contributed by atoms with Crippen LogP contribution in [0.2, 0.25) is 10.0 Å². The molecular weight excluding hydrogens is 352 g/mol. The van der Waals surface area contributed by atoms with Gasteiger partial charge >= 0.3 is 0 Å². The monoisotopic (exact) mass is 361 g/mol. The van der Waals surface area contributed by atoms with E-state index in [0.29, 0.717) is 14.5 Å². The highest BCUT2D eigenvalue weighted by Crippen LogP contribution is 2.29. The lowest BCUT2D eigenvalue weighted by Crippen LogP contribution is -2.07. The molecule has 0 aliphatic rings. The van der Waals surface area contributed by atoms with Crippen LogP contribution in [0.25, 0.3) is 0 Å². The van der Waals surface area contributed by atoms with Crippen molar-refractivity contribution in [3.8, 4) is 0 Å². The van der Waals surface area contributed by atoms with Gasteiger partial charge in [0, 0.05) is 15.7 Å². The standard InChI is InChI=1S/C14H11BrCl2FN/c1-8(11-6-9(16)2-4-13(11)17)19-10-3-5-14(18)12(15)7-10/h2-8,19H,1H3. The molecule has 0 aliphatic heterocycles. The molecule has 1 N–H and O–H groups in total. The summed E-state index contributed by atoms with van der Waals surface area (Å²) in [7, 11) is 0. The van der Waals surface area contributed by atoms with Gasteiger partial charge in [0.05, 0.1) is 10.5 Å². The molecule has 0 spiro atoms. The van der Waals surface area contributed by atoms with Crippen LogP contribution >= 0.6 is 39.1 Å². The minimum atomic E-state index is -0.293. The van der Waals surface area contributed by atoms with Crippen molar-refractivity contribution >= 4 is 44.8 Å². The van der Waals surface area contributed by atoms with Gasteiger partial charge in [-0.15, -0.1) is 0 Å². The van der Waals surface area contributed by atoms with Crippen molar-refractivity contribution in [1.82, 2.24) is 0 Å². The molecule has 0 aliphatic carbocycles. The predicted molar refractivity (Wildman–Crippen MR) is 82.6 cm³/mol. The van der Waals surface area contributed by atoms with Crippen molar-refractivity contribution < 1.29 is 4.39 Å². The second-order valence-corrected chi connectivity index (χ2v) is 5.86. The molecule has 5 heteroatoms. The van der Waals surface area contributed by atoms with Crippen LogP contribution in [0.4, 0.5) is 10.1 Å². The highest BCUT2D eigenvalue weighted by molar-refractivity contribution is 9.10. The molecule has 0 saturated carbocycles. The molecular formula is C14H11BrCl2FN. The first-order valence-electron chi connectivity index (χ1n) is 5.64. The molecule has 1 atom stereocenters. The molecule has 1 nitrogen and oxygen atoms in total. The van der Waals surface area contributed by atoms with Crippen molar-refractivity contribution in [2.24, 2.45) is 0 Å². The van der Waals surface area contributed by atoms with E-state index in [1.807, 2.05) is 13.0 Å². The Bertz CT molecular complexity index is 604. The van der Waals surface area contributed by atoms with Crippen molar-refractivity contribution in [1.29, 1.82) is 0 Å². The SMILES string of the molecule is CC(Nc1ccc(F)c(Br)c1)c1cc(Cl)ccc1Cl. The average molecular weight is 363 g/mol. The maximum atomic E-state index is 13.2. The zero-order valence-electron chi connectivity index (χ0n) is 10.1. The van der Waals surface area contributed by atoms with Crippen LogP contribution in [0.3, 0.4) is 0 Å². The van der Waals surface area contributed by atoms with E-state index in [2.05, 4.69) is 21.2 Å². The summed E-state index contributed by atoms with van der Waals surface area (Å²) in [5.41, 5.74) is 1.70. The van der Waals surface area contributed by atoms with Gasteiger partial charge in [-0.3, -0.25) is 0 Å². The van der Waals surface area contributed by atoms with Gasteiger partial charge in [0.25, 0.3) is 0 Å². The van der Waals surface area contributed by atoms with Gasteiger partial charge in [-0.2, -0.15) is 0 Å². The first kappa shape index (κ1) is 14.6. The van der Waals surface area contributed by atoms with Crippen LogP contribution in [0.5, 0.6) is 0 Å². The second-order valence-electron chi connectivity index (χ2n) is 4.16. The van der Waals surface area contributed by atoms with Crippen LogP contribution in [0, 0.1) is 5.82 Å². The van der Waals surface area contributed by atoms with Gasteiger partial charge in [0.15, 0.2) is 0 Å². The fourth-order valence-electron chi connectivity index (χ4n) is 1.76. The normalized spacial score (nSPS) is 12.3. The van der Waals surface area contributed by atoms with Crippen molar-refractivity contribution in [3.05, 3.63) is 62.3 Å². The summed E-state index contributed by atoms with van der Waals surface area (Å²) >= 11 is 15.3. The average Bonchev–Trinajstić information content (AvgIpc) is 2.36. The van der Waals surface area contributed by atoms with E-state index < -0.39 is 0 Å². The third-order valence-electron chi connectivity index (χ3n) is 2.73. The molecule has 2 aromatic rings. The number of halogens is 4. The molecule has 0 saturated heterocycles. The number of anilines is 1. The summed E-state index contributed by atoms with van der Waals surface area (Å²) in [4.78, 5) is 0. The van der Waals surface area contributed by atoms with Crippen LogP contribution in [-0.4, -0.2) is 0 Å². The van der Waals surface area contributed by atoms with Crippen LogP contribution < -0.4 is 5.32 Å². The Hall–Kier alpha value is -0.770. The van der Waals surface area contributed by atoms with Crippen LogP contribution in [0.15, 0.2) is 40.9 Å². The van der Waals surface area contributed by atoms with Gasteiger partial charge in [-0.05, 0) is 64.8 Å². The fraction of sp³-hybridized carbons (Fsp3) is 0.143. The number of benzene rings is 2. The zero-order chi connectivity index (χ0) is 14.0. The van der Waals surface area contributed by atoms with Crippen molar-refractivity contribution in [3.63, 3.8) is 0 Å². The maximum absolute atomic E-state index is 13.2. The summed E-state index contributed by atoms with van der Waals surface area (Å²) in [6, 6.07) is 10.0. The van der Waals surface area contributed by atoms with Crippen LogP contribution in [0.1, 0.15) is 18.5 Å². The van der Waals surface area contributed by atoms with E-state index in [-0.39, 0.29) is 11.9 Å². The third-order valence-corrected chi connectivity index (χ3v) is 3.91. The largest absolute Gasteiger partial charge is 0.378 e. The molecule has 19 heavy (non-hydrogen) atoms. The minimum absolute atomic E-state index is 0.0384. The molecule has 0 fully saturated rings. The Morgan fingerprint density at radius 3 is 2.58 bits per heavy atom. The quantitative estimate of drug-likeness (QED) is 0.698. The van der Waals surface area contributed by atoms with Gasteiger partial charge in [-0.1, -0.05) is 23.2 Å². The van der Waals surface area contributed by atoms with Crippen LogP contribution in [-0.2, 0) is 0 Å². The Balaban J connectivity index is 2.22. The maximum Gasteiger partial charge on any atom is 0.137 e. The second kappa shape index (κ2) is 6.12. The Morgan fingerprint density at radius 1 is 1.16 bits per heavy atom. The lowest BCUT2D eigenvalue weighted by atomic mass is 10.1. The topological polar surface area (TPSA) is 12.0 Å². The molecule has 2 rings (SSSR count). The van der Waals surface area contributed by atoms with E-state index in [1.54, 1.807) is 24.3 Å². The third kappa shape index (κ3) is 3.62. The highest BCUT2D eigenvalue weighted by atomic mass is 79.9. The summed E-state index contributed by atoms with van der Waals surface area (Å²) < 4.78 is 13.6. The highest BCUT2D eigenvalue weighted by Gasteiger charge is 2.11. The number of nitrogens with one attached hydrogen (secondary N) is 1. The minimum Gasteiger partial charge on any atom is -0.378 e. The summed E-state index contributed by atoms with van der Waals surface area (Å²) in [5, 5.41) is 4.53. The number of hydrogen-bond donors (Lipinski definition) is 1. The summed E-state index contributed by atoms with van der Waals surface area (Å²) in [6.45, 7) is 1.97. The van der Waals surface area contributed by atoms with E-state index in [9.17, 15) is 4.39 Å². The van der Waals surface area contributed by atoms with Gasteiger partial charge in [-0.25, -0.2) is 4.39 Å². The number of hydrogen-bond acceptors (Lipinski definition) is 1. The first-order valence-corrected chi connectivity index (χ1v) is 7.19.